The van der Waals surface area contributed by atoms with Crippen molar-refractivity contribution in [3.8, 4) is 5.75 Å². The zero-order chi connectivity index (χ0) is 20.2. The number of hydrogen-bond donors (Lipinski definition) is 3. The van der Waals surface area contributed by atoms with E-state index in [9.17, 15) is 14.7 Å². The molecule has 0 unspecified atom stereocenters. The minimum Gasteiger partial charge on any atom is -0.506 e. The largest absolute Gasteiger partial charge is 0.506 e. The van der Waals surface area contributed by atoms with Gasteiger partial charge in [-0.1, -0.05) is 66.7 Å². The maximum Gasteiger partial charge on any atom is 0.296 e. The number of carbonyl (C=O) groups is 2. The van der Waals surface area contributed by atoms with E-state index < -0.39 is 11.7 Å². The van der Waals surface area contributed by atoms with E-state index in [4.69, 9.17) is 0 Å². The molecule has 0 aliphatic carbocycles. The molecule has 1 aliphatic rings. The second-order valence-corrected chi connectivity index (χ2v) is 7.11. The lowest BCUT2D eigenvalue weighted by Gasteiger charge is -2.19. The molecule has 154 valence electrons. The van der Waals surface area contributed by atoms with Gasteiger partial charge < -0.3 is 15.7 Å². The fourth-order valence-electron chi connectivity index (χ4n) is 3.78. The number of nitrogens with one attached hydrogen (secondary N) is 2. The summed E-state index contributed by atoms with van der Waals surface area (Å²) in [6, 6.07) is 23.9. The first-order valence-corrected chi connectivity index (χ1v) is 9.66. The lowest BCUT2D eigenvalue weighted by molar-refractivity contribution is -0.112. The number of anilines is 1. The van der Waals surface area contributed by atoms with Gasteiger partial charge in [-0.05, 0) is 35.7 Å². The molecule has 0 saturated carbocycles. The summed E-state index contributed by atoms with van der Waals surface area (Å²) >= 11 is 0. The van der Waals surface area contributed by atoms with Gasteiger partial charge in [0.15, 0.2) is 0 Å². The SMILES string of the molecule is Br.O=C1Nc2c(O)ccc(CCNCC(c3ccccc3)c3ccccc3)c2C1=O. The minimum absolute atomic E-state index is 0. The van der Waals surface area contributed by atoms with E-state index >= 15 is 0 Å². The quantitative estimate of drug-likeness (QED) is 0.278. The highest BCUT2D eigenvalue weighted by atomic mass is 79.9. The Balaban J connectivity index is 0.00000256. The number of hydrogen-bond acceptors (Lipinski definition) is 4. The van der Waals surface area contributed by atoms with Crippen LogP contribution in [-0.4, -0.2) is 29.9 Å². The molecule has 3 aromatic carbocycles. The minimum atomic E-state index is -0.691. The van der Waals surface area contributed by atoms with E-state index in [-0.39, 0.29) is 34.3 Å². The van der Waals surface area contributed by atoms with Crippen LogP contribution in [0.15, 0.2) is 72.8 Å². The average Bonchev–Trinajstić information content (AvgIpc) is 3.06. The van der Waals surface area contributed by atoms with Crippen molar-refractivity contribution in [2.45, 2.75) is 12.3 Å². The second-order valence-electron chi connectivity index (χ2n) is 7.11. The molecule has 0 saturated heterocycles. The topological polar surface area (TPSA) is 78.4 Å². The smallest absolute Gasteiger partial charge is 0.296 e. The molecule has 3 N–H and O–H groups in total. The predicted molar refractivity (Wildman–Crippen MR) is 123 cm³/mol. The van der Waals surface area contributed by atoms with E-state index in [1.807, 2.05) is 36.4 Å². The fraction of sp³-hybridized carbons (Fsp3) is 0.167. The highest BCUT2D eigenvalue weighted by Gasteiger charge is 2.32. The van der Waals surface area contributed by atoms with Crippen LogP contribution < -0.4 is 10.6 Å². The molecule has 0 aromatic heterocycles. The summed E-state index contributed by atoms with van der Waals surface area (Å²) in [5.41, 5.74) is 3.75. The van der Waals surface area contributed by atoms with Gasteiger partial charge in [0.25, 0.3) is 11.7 Å². The molecule has 1 heterocycles. The molecule has 0 fully saturated rings. The molecular weight excluding hydrogens is 444 g/mol. The number of ketones is 1. The van der Waals surface area contributed by atoms with Gasteiger partial charge in [0, 0.05) is 12.5 Å². The molecule has 0 bridgehead atoms. The number of fused-ring (bicyclic) bond motifs is 1. The lowest BCUT2D eigenvalue weighted by Crippen LogP contribution is -2.25. The summed E-state index contributed by atoms with van der Waals surface area (Å²) in [4.78, 5) is 23.8. The molecule has 4 rings (SSSR count). The Kier molecular flexibility index (Phi) is 7.03. The third-order valence-electron chi connectivity index (χ3n) is 5.26. The fourth-order valence-corrected chi connectivity index (χ4v) is 3.78. The van der Waals surface area contributed by atoms with E-state index in [1.165, 1.54) is 17.2 Å². The zero-order valence-electron chi connectivity index (χ0n) is 16.3. The van der Waals surface area contributed by atoms with Crippen LogP contribution in [0.4, 0.5) is 5.69 Å². The van der Waals surface area contributed by atoms with Crippen LogP contribution in [0, 0.1) is 0 Å². The Morgan fingerprint density at radius 2 is 1.47 bits per heavy atom. The molecule has 6 heteroatoms. The monoisotopic (exact) mass is 466 g/mol. The van der Waals surface area contributed by atoms with Crippen LogP contribution in [-0.2, 0) is 11.2 Å². The molecule has 3 aromatic rings. The number of rotatable bonds is 7. The first-order chi connectivity index (χ1) is 14.1. The Morgan fingerprint density at radius 1 is 0.867 bits per heavy atom. The first kappa shape index (κ1) is 21.7. The maximum atomic E-state index is 12.1. The Hall–Kier alpha value is -2.96. The number of phenols is 1. The summed E-state index contributed by atoms with van der Waals surface area (Å²) in [5.74, 6) is -1.14. The highest BCUT2D eigenvalue weighted by Crippen LogP contribution is 2.35. The number of benzene rings is 3. The normalized spacial score (nSPS) is 12.4. The van der Waals surface area contributed by atoms with Crippen LogP contribution in [0.3, 0.4) is 0 Å². The van der Waals surface area contributed by atoms with Crippen LogP contribution in [0.25, 0.3) is 0 Å². The lowest BCUT2D eigenvalue weighted by atomic mass is 9.91. The maximum absolute atomic E-state index is 12.1. The first-order valence-electron chi connectivity index (χ1n) is 9.66. The molecule has 0 atom stereocenters. The number of aromatic hydroxyl groups is 1. The zero-order valence-corrected chi connectivity index (χ0v) is 18.0. The predicted octanol–water partition coefficient (Wildman–Crippen LogP) is 4.07. The molecular formula is C24H23BrN2O3. The van der Waals surface area contributed by atoms with Crippen LogP contribution in [0.1, 0.15) is 33.0 Å². The van der Waals surface area contributed by atoms with Crippen LogP contribution >= 0.6 is 17.0 Å². The van der Waals surface area contributed by atoms with E-state index in [2.05, 4.69) is 34.9 Å². The Bertz CT molecular complexity index is 1000. The number of halogens is 1. The van der Waals surface area contributed by atoms with Crippen molar-refractivity contribution in [3.63, 3.8) is 0 Å². The molecule has 0 spiro atoms. The molecule has 1 amide bonds. The number of carbonyl (C=O) groups excluding carboxylic acids is 2. The summed E-state index contributed by atoms with van der Waals surface area (Å²) in [5, 5.41) is 15.8. The molecule has 30 heavy (non-hydrogen) atoms. The molecule has 0 radical (unpaired) electrons. The number of phenolic OH excluding ortho intramolecular Hbond substituents is 1. The van der Waals surface area contributed by atoms with Crippen molar-refractivity contribution in [2.75, 3.05) is 18.4 Å². The van der Waals surface area contributed by atoms with Gasteiger partial charge in [0.05, 0.1) is 11.3 Å². The van der Waals surface area contributed by atoms with Crippen molar-refractivity contribution in [2.24, 2.45) is 0 Å². The highest BCUT2D eigenvalue weighted by molar-refractivity contribution is 8.93. The number of amides is 1. The van der Waals surface area contributed by atoms with Crippen molar-refractivity contribution < 1.29 is 14.7 Å². The van der Waals surface area contributed by atoms with Crippen molar-refractivity contribution >= 4 is 34.4 Å². The summed E-state index contributed by atoms with van der Waals surface area (Å²) in [6.45, 7) is 1.40. The third-order valence-corrected chi connectivity index (χ3v) is 5.26. The van der Waals surface area contributed by atoms with Gasteiger partial charge in [0.1, 0.15) is 5.75 Å². The van der Waals surface area contributed by atoms with E-state index in [0.717, 1.165) is 12.1 Å². The average molecular weight is 467 g/mol. The number of Topliss-reactive ketones (excluding diaryl/α,β-unsaturated/α-hetero) is 1. The van der Waals surface area contributed by atoms with Crippen LogP contribution in [0.5, 0.6) is 5.75 Å². The summed E-state index contributed by atoms with van der Waals surface area (Å²) < 4.78 is 0. The molecule has 1 aliphatic heterocycles. The standard InChI is InChI=1S/C24H22N2O3.BrH/c27-20-12-11-18(21-22(20)26-24(29)23(21)28)13-14-25-15-19(16-7-3-1-4-8-16)17-9-5-2-6-10-17;/h1-12,19,25,27H,13-15H2,(H,26,28,29);1H. The van der Waals surface area contributed by atoms with Gasteiger partial charge in [-0.25, -0.2) is 0 Å². The third kappa shape index (κ3) is 4.45. The van der Waals surface area contributed by atoms with Crippen molar-refractivity contribution in [1.82, 2.24) is 5.32 Å². The van der Waals surface area contributed by atoms with E-state index in [0.29, 0.717) is 18.5 Å². The molecule has 5 nitrogen and oxygen atoms in total. The second kappa shape index (κ2) is 9.69. The Labute approximate surface area is 185 Å². The Morgan fingerprint density at radius 3 is 2.07 bits per heavy atom. The van der Waals surface area contributed by atoms with Gasteiger partial charge in [-0.2, -0.15) is 0 Å². The summed E-state index contributed by atoms with van der Waals surface area (Å²) in [6.07, 6.45) is 0.583. The van der Waals surface area contributed by atoms with Gasteiger partial charge in [-0.3, -0.25) is 9.59 Å². The van der Waals surface area contributed by atoms with Crippen molar-refractivity contribution in [3.05, 3.63) is 95.1 Å². The van der Waals surface area contributed by atoms with Crippen LogP contribution in [0.2, 0.25) is 0 Å². The van der Waals surface area contributed by atoms with Gasteiger partial charge in [0.2, 0.25) is 0 Å². The van der Waals surface area contributed by atoms with Crippen molar-refractivity contribution in [1.29, 1.82) is 0 Å². The van der Waals surface area contributed by atoms with Gasteiger partial charge in [-0.15, -0.1) is 17.0 Å². The van der Waals surface area contributed by atoms with E-state index in [1.54, 1.807) is 6.07 Å². The summed E-state index contributed by atoms with van der Waals surface area (Å²) in [7, 11) is 0. The van der Waals surface area contributed by atoms with Gasteiger partial charge >= 0.3 is 0 Å².